The van der Waals surface area contributed by atoms with Crippen LogP contribution in [0.2, 0.25) is 5.02 Å². The molecule has 4 aromatic carbocycles. The SMILES string of the molecule is CNC(=O)[C@H](Cc1ccccc1)N(Cc1cccc(Br)c1)C(=O)CN(c1cc(Cl)ccc1OC)S(=O)(=O)c1ccc(C)c([N+](=O)[O-])c1. The van der Waals surface area contributed by atoms with Gasteiger partial charge in [-0.25, -0.2) is 8.42 Å². The maximum atomic E-state index is 14.5. The van der Waals surface area contributed by atoms with Crippen LogP contribution < -0.4 is 14.4 Å². The van der Waals surface area contributed by atoms with Gasteiger partial charge in [-0.3, -0.25) is 24.0 Å². The predicted octanol–water partition coefficient (Wildman–Crippen LogP) is 5.91. The number of carbonyl (C=O) groups excluding carboxylic acids is 2. The topological polar surface area (TPSA) is 139 Å². The molecule has 0 bridgehead atoms. The minimum absolute atomic E-state index is 0.0419. The highest BCUT2D eigenvalue weighted by Crippen LogP contribution is 2.36. The number of aryl methyl sites for hydroxylation is 1. The molecule has 0 unspecified atom stereocenters. The van der Waals surface area contributed by atoms with E-state index < -0.39 is 49.9 Å². The van der Waals surface area contributed by atoms with E-state index in [1.54, 1.807) is 18.2 Å². The second-order valence-electron chi connectivity index (χ2n) is 10.5. The van der Waals surface area contributed by atoms with E-state index in [1.165, 1.54) is 56.3 Å². The minimum atomic E-state index is -4.66. The van der Waals surface area contributed by atoms with Crippen molar-refractivity contribution in [3.8, 4) is 5.75 Å². The number of ether oxygens (including phenoxy) is 1. The summed E-state index contributed by atoms with van der Waals surface area (Å²) < 4.78 is 35.7. The lowest BCUT2D eigenvalue weighted by molar-refractivity contribution is -0.385. The second kappa shape index (κ2) is 15.4. The second-order valence-corrected chi connectivity index (χ2v) is 13.7. The monoisotopic (exact) mass is 742 g/mol. The number of sulfonamides is 1. The smallest absolute Gasteiger partial charge is 0.273 e. The van der Waals surface area contributed by atoms with Crippen LogP contribution in [0, 0.1) is 17.0 Å². The Kier molecular flexibility index (Phi) is 11.6. The molecule has 0 heterocycles. The van der Waals surface area contributed by atoms with Crippen molar-refractivity contribution >= 4 is 60.7 Å². The zero-order valence-corrected chi connectivity index (χ0v) is 28.9. The van der Waals surface area contributed by atoms with Crippen LogP contribution in [0.5, 0.6) is 5.75 Å². The average Bonchev–Trinajstić information content (AvgIpc) is 3.05. The molecule has 4 aromatic rings. The van der Waals surface area contributed by atoms with Crippen LogP contribution in [-0.2, 0) is 32.6 Å². The summed E-state index contributed by atoms with van der Waals surface area (Å²) in [7, 11) is -1.87. The summed E-state index contributed by atoms with van der Waals surface area (Å²) in [5, 5.41) is 14.5. The molecule has 4 rings (SSSR count). The Morgan fingerprint density at radius 2 is 1.70 bits per heavy atom. The number of carbonyl (C=O) groups is 2. The third-order valence-corrected chi connectivity index (χ3v) is 9.90. The fraction of sp³-hybridized carbons (Fsp3) is 0.212. The van der Waals surface area contributed by atoms with Gasteiger partial charge >= 0.3 is 0 Å². The van der Waals surface area contributed by atoms with Crippen molar-refractivity contribution in [1.82, 2.24) is 10.2 Å². The van der Waals surface area contributed by atoms with Gasteiger partial charge in [0.25, 0.3) is 15.7 Å². The Morgan fingerprint density at radius 1 is 1.00 bits per heavy atom. The number of hydrogen-bond donors (Lipinski definition) is 1. The zero-order valence-electron chi connectivity index (χ0n) is 25.7. The molecule has 0 saturated carbocycles. The zero-order chi connectivity index (χ0) is 34.3. The fourth-order valence-corrected chi connectivity index (χ4v) is 7.05. The van der Waals surface area contributed by atoms with Crippen molar-refractivity contribution < 1.29 is 27.7 Å². The summed E-state index contributed by atoms with van der Waals surface area (Å²) in [5.74, 6) is -1.10. The fourth-order valence-electron chi connectivity index (χ4n) is 5.00. The molecule has 0 saturated heterocycles. The molecular weight excluding hydrogens is 712 g/mol. The summed E-state index contributed by atoms with van der Waals surface area (Å²) in [5.41, 5.74) is 1.24. The Morgan fingerprint density at radius 3 is 2.34 bits per heavy atom. The minimum Gasteiger partial charge on any atom is -0.495 e. The van der Waals surface area contributed by atoms with Gasteiger partial charge in [-0.1, -0.05) is 76.1 Å². The molecule has 0 fully saturated rings. The molecule has 0 spiro atoms. The van der Waals surface area contributed by atoms with Gasteiger partial charge in [0.15, 0.2) is 0 Å². The van der Waals surface area contributed by atoms with Crippen LogP contribution in [-0.4, -0.2) is 56.8 Å². The Balaban J connectivity index is 1.88. The maximum absolute atomic E-state index is 14.5. The number of amides is 2. The lowest BCUT2D eigenvalue weighted by atomic mass is 10.0. The first kappa shape index (κ1) is 35.4. The van der Waals surface area contributed by atoms with Crippen molar-refractivity contribution in [3.63, 3.8) is 0 Å². The van der Waals surface area contributed by atoms with Crippen LogP contribution in [0.15, 0.2) is 100 Å². The number of likely N-dealkylation sites (N-methyl/N-ethyl adjacent to an activating group) is 1. The molecule has 47 heavy (non-hydrogen) atoms. The maximum Gasteiger partial charge on any atom is 0.273 e. The molecule has 1 N–H and O–H groups in total. The van der Waals surface area contributed by atoms with Crippen LogP contribution in [0.25, 0.3) is 0 Å². The molecule has 2 amide bonds. The first-order valence-electron chi connectivity index (χ1n) is 14.3. The van der Waals surface area contributed by atoms with Gasteiger partial charge in [0.2, 0.25) is 11.8 Å². The molecule has 0 radical (unpaired) electrons. The van der Waals surface area contributed by atoms with Crippen LogP contribution in [0.4, 0.5) is 11.4 Å². The van der Waals surface area contributed by atoms with Gasteiger partial charge in [0.1, 0.15) is 18.3 Å². The first-order chi connectivity index (χ1) is 22.3. The lowest BCUT2D eigenvalue weighted by Crippen LogP contribution is -2.53. The number of anilines is 1. The quantitative estimate of drug-likeness (QED) is 0.133. The van der Waals surface area contributed by atoms with Crippen LogP contribution >= 0.6 is 27.5 Å². The Bertz CT molecular complexity index is 1890. The summed E-state index contributed by atoms with van der Waals surface area (Å²) in [6.07, 6.45) is 0.137. The molecule has 246 valence electrons. The summed E-state index contributed by atoms with van der Waals surface area (Å²) in [6.45, 7) is 0.651. The number of nitro groups is 1. The lowest BCUT2D eigenvalue weighted by Gasteiger charge is -2.34. The average molecular weight is 744 g/mol. The van der Waals surface area contributed by atoms with E-state index in [1.807, 2.05) is 36.4 Å². The first-order valence-corrected chi connectivity index (χ1v) is 16.9. The molecule has 1 atom stereocenters. The van der Waals surface area contributed by atoms with Gasteiger partial charge in [0, 0.05) is 41.1 Å². The number of nitrogens with zero attached hydrogens (tertiary/aromatic N) is 3. The molecule has 14 heteroatoms. The van der Waals surface area contributed by atoms with E-state index >= 15 is 0 Å². The van der Waals surface area contributed by atoms with Gasteiger partial charge in [0.05, 0.1) is 22.6 Å². The van der Waals surface area contributed by atoms with Crippen molar-refractivity contribution in [2.45, 2.75) is 30.8 Å². The predicted molar refractivity (Wildman–Crippen MR) is 183 cm³/mol. The summed E-state index contributed by atoms with van der Waals surface area (Å²) >= 11 is 9.75. The van der Waals surface area contributed by atoms with Gasteiger partial charge in [-0.05, 0) is 54.4 Å². The molecule has 0 aliphatic carbocycles. The molecular formula is C33H32BrClN4O7S. The standard InChI is InChI=1S/C33H32BrClN4O7S/c1-22-12-14-27(19-28(22)39(42)43)47(44,45)38(29-18-26(35)13-15-31(29)46-3)21-32(40)37(20-24-10-7-11-25(34)16-24)30(33(41)36-2)17-23-8-5-4-6-9-23/h4-16,18-19,30H,17,20-21H2,1-3H3,(H,36,41)/t30-/m0/s1. The van der Waals surface area contributed by atoms with Crippen molar-refractivity contribution in [1.29, 1.82) is 0 Å². The van der Waals surface area contributed by atoms with Crippen LogP contribution in [0.1, 0.15) is 16.7 Å². The van der Waals surface area contributed by atoms with E-state index in [-0.39, 0.29) is 35.0 Å². The van der Waals surface area contributed by atoms with Crippen molar-refractivity contribution in [2.24, 2.45) is 0 Å². The number of hydrogen-bond acceptors (Lipinski definition) is 7. The highest BCUT2D eigenvalue weighted by atomic mass is 79.9. The molecule has 11 nitrogen and oxygen atoms in total. The third kappa shape index (κ3) is 8.47. The largest absolute Gasteiger partial charge is 0.495 e. The summed E-state index contributed by atoms with van der Waals surface area (Å²) in [4.78, 5) is 39.9. The normalized spacial score (nSPS) is 11.8. The van der Waals surface area contributed by atoms with Gasteiger partial charge < -0.3 is 15.0 Å². The van der Waals surface area contributed by atoms with Gasteiger partial charge in [-0.2, -0.15) is 0 Å². The van der Waals surface area contributed by atoms with Crippen LogP contribution in [0.3, 0.4) is 0 Å². The van der Waals surface area contributed by atoms with E-state index in [0.717, 1.165) is 20.4 Å². The third-order valence-electron chi connectivity index (χ3n) is 7.41. The number of rotatable bonds is 13. The molecule has 0 aliphatic rings. The Hall–Kier alpha value is -4.46. The van der Waals surface area contributed by atoms with E-state index in [0.29, 0.717) is 5.56 Å². The van der Waals surface area contributed by atoms with E-state index in [9.17, 15) is 28.1 Å². The molecule has 0 aromatic heterocycles. The van der Waals surface area contributed by atoms with Crippen molar-refractivity contribution in [2.75, 3.05) is 25.0 Å². The number of nitrogens with one attached hydrogen (secondary N) is 1. The highest BCUT2D eigenvalue weighted by molar-refractivity contribution is 9.10. The number of methoxy groups -OCH3 is 1. The van der Waals surface area contributed by atoms with E-state index in [4.69, 9.17) is 16.3 Å². The number of halogens is 2. The highest BCUT2D eigenvalue weighted by Gasteiger charge is 2.36. The number of benzene rings is 4. The van der Waals surface area contributed by atoms with Gasteiger partial charge in [-0.15, -0.1) is 0 Å². The molecule has 0 aliphatic heterocycles. The van der Waals surface area contributed by atoms with Crippen molar-refractivity contribution in [3.05, 3.63) is 127 Å². The van der Waals surface area contributed by atoms with E-state index in [2.05, 4.69) is 21.2 Å². The Labute approximate surface area is 286 Å². The summed E-state index contributed by atoms with van der Waals surface area (Å²) in [6, 6.07) is 23.0. The number of nitro benzene ring substituents is 1.